The Hall–Kier alpha value is -2.50. The van der Waals surface area contributed by atoms with E-state index in [-0.39, 0.29) is 23.7 Å². The van der Waals surface area contributed by atoms with Gasteiger partial charge >= 0.3 is 0 Å². The number of ether oxygens (including phenoxy) is 3. The zero-order valence-electron chi connectivity index (χ0n) is 16.5. The third kappa shape index (κ3) is 4.18. The van der Waals surface area contributed by atoms with E-state index in [1.807, 2.05) is 4.90 Å². The highest BCUT2D eigenvalue weighted by Crippen LogP contribution is 2.31. The molecule has 3 heterocycles. The third-order valence-corrected chi connectivity index (χ3v) is 6.97. The molecule has 162 valence electrons. The van der Waals surface area contributed by atoms with Crippen LogP contribution < -0.4 is 14.4 Å². The highest BCUT2D eigenvalue weighted by Gasteiger charge is 2.36. The van der Waals surface area contributed by atoms with Crippen LogP contribution in [0.3, 0.4) is 0 Å². The summed E-state index contributed by atoms with van der Waals surface area (Å²) >= 11 is 0. The van der Waals surface area contributed by atoms with Gasteiger partial charge in [0.05, 0.1) is 26.9 Å². The second-order valence-electron chi connectivity index (χ2n) is 6.97. The second-order valence-corrected chi connectivity index (χ2v) is 8.88. The van der Waals surface area contributed by atoms with Crippen LogP contribution in [0.15, 0.2) is 35.5 Å². The summed E-state index contributed by atoms with van der Waals surface area (Å²) in [4.78, 5) is 10.5. The molecule has 0 amide bonds. The van der Waals surface area contributed by atoms with E-state index in [1.54, 1.807) is 12.4 Å². The van der Waals surface area contributed by atoms with Crippen molar-refractivity contribution >= 4 is 15.8 Å². The Kier molecular flexibility index (Phi) is 6.02. The SMILES string of the molecule is COc1ccc(F)cc1S(=O)(=O)N1CCC(Oc2nccnc2N2CCOCC2)C1. The van der Waals surface area contributed by atoms with Crippen LogP contribution in [0, 0.1) is 5.82 Å². The number of rotatable bonds is 6. The highest BCUT2D eigenvalue weighted by atomic mass is 32.2. The summed E-state index contributed by atoms with van der Waals surface area (Å²) in [5.74, 6) is 0.446. The van der Waals surface area contributed by atoms with Gasteiger partial charge in [-0.05, 0) is 24.6 Å². The molecule has 0 spiro atoms. The van der Waals surface area contributed by atoms with Crippen LogP contribution in [-0.4, -0.2) is 75.3 Å². The van der Waals surface area contributed by atoms with E-state index in [0.29, 0.717) is 44.4 Å². The number of morpholine rings is 1. The van der Waals surface area contributed by atoms with Crippen LogP contribution >= 0.6 is 0 Å². The lowest BCUT2D eigenvalue weighted by Crippen LogP contribution is -2.37. The van der Waals surface area contributed by atoms with Crippen LogP contribution in [0.1, 0.15) is 6.42 Å². The Morgan fingerprint density at radius 1 is 1.17 bits per heavy atom. The molecule has 2 fully saturated rings. The van der Waals surface area contributed by atoms with Crippen LogP contribution in [-0.2, 0) is 14.8 Å². The van der Waals surface area contributed by atoms with E-state index in [2.05, 4.69) is 9.97 Å². The molecule has 9 nitrogen and oxygen atoms in total. The van der Waals surface area contributed by atoms with Crippen molar-refractivity contribution in [3.05, 3.63) is 36.4 Å². The van der Waals surface area contributed by atoms with Gasteiger partial charge in [-0.15, -0.1) is 0 Å². The molecule has 11 heteroatoms. The molecule has 1 aromatic carbocycles. The van der Waals surface area contributed by atoms with Crippen molar-refractivity contribution in [3.8, 4) is 11.6 Å². The summed E-state index contributed by atoms with van der Waals surface area (Å²) in [6.07, 6.45) is 3.23. The Morgan fingerprint density at radius 2 is 1.93 bits per heavy atom. The molecule has 0 saturated carbocycles. The lowest BCUT2D eigenvalue weighted by atomic mass is 10.3. The van der Waals surface area contributed by atoms with E-state index >= 15 is 0 Å². The lowest BCUT2D eigenvalue weighted by molar-refractivity contribution is 0.121. The molecule has 1 atom stereocenters. The van der Waals surface area contributed by atoms with Crippen molar-refractivity contribution in [2.75, 3.05) is 51.4 Å². The van der Waals surface area contributed by atoms with Gasteiger partial charge in [-0.25, -0.2) is 22.8 Å². The molecule has 1 unspecified atom stereocenters. The van der Waals surface area contributed by atoms with Gasteiger partial charge in [0, 0.05) is 32.0 Å². The van der Waals surface area contributed by atoms with Gasteiger partial charge in [-0.2, -0.15) is 4.31 Å². The molecule has 0 radical (unpaired) electrons. The first-order chi connectivity index (χ1) is 14.5. The molecular weight excluding hydrogens is 415 g/mol. The second kappa shape index (κ2) is 8.70. The maximum atomic E-state index is 13.7. The van der Waals surface area contributed by atoms with Gasteiger partial charge in [0.15, 0.2) is 5.82 Å². The summed E-state index contributed by atoms with van der Waals surface area (Å²) in [6, 6.07) is 3.44. The first-order valence-corrected chi connectivity index (χ1v) is 11.1. The number of anilines is 1. The number of methoxy groups -OCH3 is 1. The molecule has 2 saturated heterocycles. The summed E-state index contributed by atoms with van der Waals surface area (Å²) in [5.41, 5.74) is 0. The molecule has 1 aromatic heterocycles. The van der Waals surface area contributed by atoms with Crippen LogP contribution in [0.5, 0.6) is 11.6 Å². The highest BCUT2D eigenvalue weighted by molar-refractivity contribution is 7.89. The Balaban J connectivity index is 1.50. The molecule has 0 N–H and O–H groups in total. The predicted octanol–water partition coefficient (Wildman–Crippen LogP) is 1.30. The number of halogens is 1. The zero-order valence-corrected chi connectivity index (χ0v) is 17.3. The fraction of sp³-hybridized carbons (Fsp3) is 0.474. The van der Waals surface area contributed by atoms with E-state index < -0.39 is 21.9 Å². The smallest absolute Gasteiger partial charge is 0.257 e. The third-order valence-electron chi connectivity index (χ3n) is 5.09. The number of sulfonamides is 1. The normalized spacial score (nSPS) is 20.3. The molecule has 2 aromatic rings. The van der Waals surface area contributed by atoms with Gasteiger partial charge in [0.25, 0.3) is 5.88 Å². The predicted molar refractivity (Wildman–Crippen MR) is 106 cm³/mol. The molecule has 0 bridgehead atoms. The maximum absolute atomic E-state index is 13.7. The van der Waals surface area contributed by atoms with Gasteiger partial charge < -0.3 is 19.1 Å². The van der Waals surface area contributed by atoms with Crippen molar-refractivity contribution in [3.63, 3.8) is 0 Å². The average molecular weight is 438 g/mol. The largest absolute Gasteiger partial charge is 0.495 e. The number of nitrogens with zero attached hydrogens (tertiary/aromatic N) is 4. The molecule has 4 rings (SSSR count). The maximum Gasteiger partial charge on any atom is 0.257 e. The fourth-order valence-electron chi connectivity index (χ4n) is 3.55. The Morgan fingerprint density at radius 3 is 2.70 bits per heavy atom. The van der Waals surface area contributed by atoms with Gasteiger partial charge in [-0.3, -0.25) is 0 Å². The minimum atomic E-state index is -3.93. The topological polar surface area (TPSA) is 94.1 Å². The Labute approximate surface area is 174 Å². The number of hydrogen-bond donors (Lipinski definition) is 0. The fourth-order valence-corrected chi connectivity index (χ4v) is 5.21. The summed E-state index contributed by atoms with van der Waals surface area (Å²) in [7, 11) is -2.58. The number of aromatic nitrogens is 2. The minimum Gasteiger partial charge on any atom is -0.495 e. The van der Waals surface area contributed by atoms with E-state index in [1.165, 1.54) is 17.5 Å². The van der Waals surface area contributed by atoms with Gasteiger partial charge in [0.2, 0.25) is 10.0 Å². The number of hydrogen-bond acceptors (Lipinski definition) is 8. The standard InChI is InChI=1S/C19H23FN4O5S/c1-27-16-3-2-14(20)12-17(16)30(25,26)24-7-4-15(13-24)29-19-18(21-5-6-22-19)23-8-10-28-11-9-23/h2-3,5-6,12,15H,4,7-11,13H2,1H3. The summed E-state index contributed by atoms with van der Waals surface area (Å²) in [6.45, 7) is 2.93. The van der Waals surface area contributed by atoms with Crippen LogP contribution in [0.4, 0.5) is 10.2 Å². The first-order valence-electron chi connectivity index (χ1n) is 9.63. The van der Waals surface area contributed by atoms with Gasteiger partial charge in [-0.1, -0.05) is 0 Å². The van der Waals surface area contributed by atoms with Crippen molar-refractivity contribution in [1.29, 1.82) is 0 Å². The van der Waals surface area contributed by atoms with Crippen molar-refractivity contribution in [1.82, 2.24) is 14.3 Å². The zero-order chi connectivity index (χ0) is 21.1. The molecule has 2 aliphatic heterocycles. The molecule has 2 aliphatic rings. The van der Waals surface area contributed by atoms with Crippen LogP contribution in [0.25, 0.3) is 0 Å². The molecule has 0 aliphatic carbocycles. The van der Waals surface area contributed by atoms with E-state index in [0.717, 1.165) is 12.1 Å². The molecular formula is C19H23FN4O5S. The Bertz CT molecular complexity index is 1000. The van der Waals surface area contributed by atoms with Crippen molar-refractivity contribution < 1.29 is 27.0 Å². The minimum absolute atomic E-state index is 0.101. The number of benzene rings is 1. The monoisotopic (exact) mass is 438 g/mol. The quantitative estimate of drug-likeness (QED) is 0.666. The van der Waals surface area contributed by atoms with Crippen molar-refractivity contribution in [2.45, 2.75) is 17.4 Å². The van der Waals surface area contributed by atoms with Crippen LogP contribution in [0.2, 0.25) is 0 Å². The first kappa shape index (κ1) is 20.8. The van der Waals surface area contributed by atoms with E-state index in [4.69, 9.17) is 14.2 Å². The van der Waals surface area contributed by atoms with Crippen molar-refractivity contribution in [2.24, 2.45) is 0 Å². The average Bonchev–Trinajstić information content (AvgIpc) is 3.24. The van der Waals surface area contributed by atoms with Gasteiger partial charge in [0.1, 0.15) is 22.6 Å². The lowest BCUT2D eigenvalue weighted by Gasteiger charge is -2.29. The molecule has 30 heavy (non-hydrogen) atoms. The summed E-state index contributed by atoms with van der Waals surface area (Å²) in [5, 5.41) is 0. The van der Waals surface area contributed by atoms with E-state index in [9.17, 15) is 12.8 Å². The summed E-state index contributed by atoms with van der Waals surface area (Å²) < 4.78 is 57.6.